The van der Waals surface area contributed by atoms with Gasteiger partial charge < -0.3 is 9.84 Å². The van der Waals surface area contributed by atoms with Crippen molar-refractivity contribution in [3.63, 3.8) is 0 Å². The van der Waals surface area contributed by atoms with Gasteiger partial charge in [-0.15, -0.1) is 13.2 Å². The predicted octanol–water partition coefficient (Wildman–Crippen LogP) is 8.08. The summed E-state index contributed by atoms with van der Waals surface area (Å²) in [6, 6.07) is 27.1. The molecule has 0 aromatic heterocycles. The molecule has 0 spiro atoms. The fourth-order valence-electron chi connectivity index (χ4n) is 9.02. The standard InChI is InChI=1S/C41H29BrF3NO6/c42-24-11-13-25(14-12-24)46-38(50)28-17-16-27-30(35(28)39(46)51)20-32-37(49)29(22-7-3-1-4-8-22)21-34(48)40(32,23-9-5-2-6-10-23)36(27)31-19-26(15-18-33(31)47)52-41(43,44)45/h1-16,18-19,21,28,30,32,35-36,47H,17,20H2/t28-,30+,32-,35-,36+,40-/m0/s1. The first-order valence-corrected chi connectivity index (χ1v) is 17.5. The van der Waals surface area contributed by atoms with E-state index in [0.717, 1.165) is 27.6 Å². The van der Waals surface area contributed by atoms with Gasteiger partial charge in [-0.1, -0.05) is 88.2 Å². The minimum atomic E-state index is -5.06. The molecule has 2 fully saturated rings. The van der Waals surface area contributed by atoms with Gasteiger partial charge in [-0.25, -0.2) is 0 Å². The highest BCUT2D eigenvalue weighted by Gasteiger charge is 2.66. The average Bonchev–Trinajstić information content (AvgIpc) is 3.39. The second-order valence-electron chi connectivity index (χ2n) is 13.5. The number of amides is 2. The van der Waals surface area contributed by atoms with Gasteiger partial charge in [0.25, 0.3) is 0 Å². The molecule has 3 aliphatic carbocycles. The number of carbonyl (C=O) groups is 4. The van der Waals surface area contributed by atoms with Crippen molar-refractivity contribution in [2.75, 3.05) is 4.90 Å². The summed E-state index contributed by atoms with van der Waals surface area (Å²) in [4.78, 5) is 59.7. The Morgan fingerprint density at radius 3 is 2.17 bits per heavy atom. The van der Waals surface area contributed by atoms with Crippen LogP contribution in [0.25, 0.3) is 5.57 Å². The number of Topliss-reactive ketones (excluding diaryl/α,β-unsaturated/α-hetero) is 1. The smallest absolute Gasteiger partial charge is 0.508 e. The zero-order chi connectivity index (χ0) is 36.5. The number of halogens is 4. The van der Waals surface area contributed by atoms with Crippen molar-refractivity contribution in [3.05, 3.63) is 142 Å². The number of imide groups is 1. The normalized spacial score (nSPS) is 27.0. The number of ether oxygens (including phenoxy) is 1. The highest BCUT2D eigenvalue weighted by Crippen LogP contribution is 2.64. The predicted molar refractivity (Wildman–Crippen MR) is 188 cm³/mol. The van der Waals surface area contributed by atoms with Crippen molar-refractivity contribution in [2.24, 2.45) is 23.7 Å². The second-order valence-corrected chi connectivity index (χ2v) is 14.5. The lowest BCUT2D eigenvalue weighted by molar-refractivity contribution is -0.274. The van der Waals surface area contributed by atoms with Crippen LogP contribution in [0.2, 0.25) is 0 Å². The Morgan fingerprint density at radius 1 is 0.827 bits per heavy atom. The van der Waals surface area contributed by atoms with Crippen LogP contribution in [0.5, 0.6) is 11.5 Å². The maximum absolute atomic E-state index is 15.1. The van der Waals surface area contributed by atoms with Gasteiger partial charge >= 0.3 is 6.36 Å². The minimum absolute atomic E-state index is 0.000156. The Kier molecular flexibility index (Phi) is 8.09. The number of carbonyl (C=O) groups excluding carboxylic acids is 4. The molecule has 0 bridgehead atoms. The highest BCUT2D eigenvalue weighted by molar-refractivity contribution is 9.10. The lowest BCUT2D eigenvalue weighted by atomic mass is 9.44. The summed E-state index contributed by atoms with van der Waals surface area (Å²) in [7, 11) is 0. The Hall–Kier alpha value is -5.29. The molecule has 8 rings (SSSR count). The molecule has 4 aromatic carbocycles. The Labute approximate surface area is 304 Å². The van der Waals surface area contributed by atoms with Crippen LogP contribution < -0.4 is 9.64 Å². The SMILES string of the molecule is O=C1C(c2ccccc2)=CC(=O)[C@@]2(c3ccccc3)[C@@H](c3cc(OC(F)(F)F)ccc3O)C3=CC[C@@H]4C(=O)N(c5ccc(Br)cc5)C(=O)[C@@H]4[C@@H]3C[C@@H]12. The molecule has 4 aromatic rings. The maximum atomic E-state index is 15.1. The van der Waals surface area contributed by atoms with Crippen LogP contribution in [0, 0.1) is 23.7 Å². The molecular weight excluding hydrogens is 739 g/mol. The molecule has 1 N–H and O–H groups in total. The fourth-order valence-corrected chi connectivity index (χ4v) is 9.29. The number of hydrogen-bond acceptors (Lipinski definition) is 6. The van der Waals surface area contributed by atoms with E-state index in [2.05, 4.69) is 20.7 Å². The lowest BCUT2D eigenvalue weighted by Gasteiger charge is -2.55. The van der Waals surface area contributed by atoms with Crippen molar-refractivity contribution in [2.45, 2.75) is 30.5 Å². The number of ketones is 2. The monoisotopic (exact) mass is 767 g/mol. The number of allylic oxidation sites excluding steroid dienone is 4. The third kappa shape index (κ3) is 5.24. The Bertz CT molecular complexity index is 2200. The number of alkyl halides is 3. The zero-order valence-electron chi connectivity index (χ0n) is 27.2. The summed E-state index contributed by atoms with van der Waals surface area (Å²) in [5.41, 5.74) is 0.190. The molecule has 4 aliphatic rings. The van der Waals surface area contributed by atoms with E-state index in [4.69, 9.17) is 0 Å². The first kappa shape index (κ1) is 33.8. The van der Waals surface area contributed by atoms with E-state index in [1.54, 1.807) is 91.0 Å². The van der Waals surface area contributed by atoms with Gasteiger partial charge in [0.15, 0.2) is 11.6 Å². The van der Waals surface area contributed by atoms with E-state index in [1.807, 2.05) is 0 Å². The first-order chi connectivity index (χ1) is 24.9. The van der Waals surface area contributed by atoms with Gasteiger partial charge in [0.05, 0.1) is 22.9 Å². The van der Waals surface area contributed by atoms with Gasteiger partial charge in [0, 0.05) is 27.4 Å². The summed E-state index contributed by atoms with van der Waals surface area (Å²) in [6.45, 7) is 0. The van der Waals surface area contributed by atoms with E-state index >= 15 is 4.79 Å². The number of aromatic hydroxyl groups is 1. The van der Waals surface area contributed by atoms with Crippen molar-refractivity contribution in [3.8, 4) is 11.5 Å². The molecule has 2 amide bonds. The van der Waals surface area contributed by atoms with E-state index in [1.165, 1.54) is 6.08 Å². The van der Waals surface area contributed by atoms with E-state index in [0.29, 0.717) is 22.4 Å². The molecule has 6 atom stereocenters. The minimum Gasteiger partial charge on any atom is -0.508 e. The summed E-state index contributed by atoms with van der Waals surface area (Å²) in [6.07, 6.45) is -1.88. The van der Waals surface area contributed by atoms with Crippen LogP contribution in [0.4, 0.5) is 18.9 Å². The fraction of sp³-hybridized carbons (Fsp3) is 0.220. The summed E-state index contributed by atoms with van der Waals surface area (Å²) in [5, 5.41) is 11.5. The van der Waals surface area contributed by atoms with Crippen molar-refractivity contribution < 1.29 is 42.2 Å². The lowest BCUT2D eigenvalue weighted by Crippen LogP contribution is -2.58. The third-order valence-corrected chi connectivity index (χ3v) is 11.5. The molecule has 11 heteroatoms. The largest absolute Gasteiger partial charge is 0.573 e. The van der Waals surface area contributed by atoms with E-state index in [9.17, 15) is 32.7 Å². The highest BCUT2D eigenvalue weighted by atomic mass is 79.9. The van der Waals surface area contributed by atoms with Crippen LogP contribution in [-0.4, -0.2) is 34.8 Å². The number of hydrogen-bond donors (Lipinski definition) is 1. The number of anilines is 1. The Balaban J connectivity index is 1.37. The first-order valence-electron chi connectivity index (χ1n) is 16.7. The van der Waals surface area contributed by atoms with Crippen LogP contribution in [0.3, 0.4) is 0 Å². The number of nitrogens with zero attached hydrogens (tertiary/aromatic N) is 1. The van der Waals surface area contributed by atoms with Gasteiger partial charge in [-0.2, -0.15) is 0 Å². The maximum Gasteiger partial charge on any atom is 0.573 e. The van der Waals surface area contributed by atoms with Crippen molar-refractivity contribution in [1.29, 1.82) is 0 Å². The number of rotatable bonds is 5. The number of phenols is 1. The average molecular weight is 769 g/mol. The van der Waals surface area contributed by atoms with Gasteiger partial charge in [-0.3, -0.25) is 24.1 Å². The van der Waals surface area contributed by atoms with Crippen LogP contribution in [0.1, 0.15) is 35.4 Å². The number of fused-ring (bicyclic) bond motifs is 4. The Morgan fingerprint density at radius 2 is 1.50 bits per heavy atom. The number of benzene rings is 4. The molecule has 1 saturated carbocycles. The summed E-state index contributed by atoms with van der Waals surface area (Å²) < 4.78 is 45.7. The quantitative estimate of drug-likeness (QED) is 0.163. The molecule has 0 unspecified atom stereocenters. The topological polar surface area (TPSA) is 101 Å². The van der Waals surface area contributed by atoms with Gasteiger partial charge in [0.1, 0.15) is 11.5 Å². The molecule has 1 heterocycles. The van der Waals surface area contributed by atoms with E-state index < -0.39 is 70.5 Å². The van der Waals surface area contributed by atoms with Gasteiger partial charge in [0.2, 0.25) is 11.8 Å². The summed E-state index contributed by atoms with van der Waals surface area (Å²) >= 11 is 3.38. The van der Waals surface area contributed by atoms with Crippen LogP contribution >= 0.6 is 15.9 Å². The van der Waals surface area contributed by atoms with Gasteiger partial charge in [-0.05, 0) is 78.4 Å². The van der Waals surface area contributed by atoms with E-state index in [-0.39, 0.29) is 29.8 Å². The molecule has 262 valence electrons. The molecule has 52 heavy (non-hydrogen) atoms. The molecular formula is C41H29BrF3NO6. The summed E-state index contributed by atoms with van der Waals surface area (Å²) in [5.74, 6) is -7.60. The molecule has 1 aliphatic heterocycles. The molecule has 1 saturated heterocycles. The second kappa shape index (κ2) is 12.4. The zero-order valence-corrected chi connectivity index (χ0v) is 28.8. The third-order valence-electron chi connectivity index (χ3n) is 11.0. The van der Waals surface area contributed by atoms with Crippen LogP contribution in [0.15, 0.2) is 125 Å². The molecule has 0 radical (unpaired) electrons. The van der Waals surface area contributed by atoms with Crippen molar-refractivity contribution in [1.82, 2.24) is 0 Å². The van der Waals surface area contributed by atoms with Crippen LogP contribution in [-0.2, 0) is 24.6 Å². The number of phenolic OH excluding ortho intramolecular Hbond substituents is 1. The molecule has 7 nitrogen and oxygen atoms in total. The van der Waals surface area contributed by atoms with Crippen molar-refractivity contribution >= 4 is 50.6 Å².